The van der Waals surface area contributed by atoms with Crippen LogP contribution in [0.2, 0.25) is 0 Å². The first-order chi connectivity index (χ1) is 12.2. The van der Waals surface area contributed by atoms with E-state index in [-0.39, 0.29) is 0 Å². The van der Waals surface area contributed by atoms with E-state index in [9.17, 15) is 0 Å². The van der Waals surface area contributed by atoms with Crippen molar-refractivity contribution in [3.8, 4) is 0 Å². The SMILES string of the molecule is C=C(/C(=C/c1ccccc1)SC)C(CCCC)NCc1ccccc1. The third-order valence-electron chi connectivity index (χ3n) is 4.30. The van der Waals surface area contributed by atoms with Crippen LogP contribution < -0.4 is 5.32 Å². The monoisotopic (exact) mass is 351 g/mol. The minimum Gasteiger partial charge on any atom is -0.306 e. The molecule has 0 amide bonds. The molecule has 0 saturated heterocycles. The van der Waals surface area contributed by atoms with Crippen LogP contribution in [0.1, 0.15) is 37.3 Å². The number of unbranched alkanes of at least 4 members (excludes halogenated alkanes) is 1. The highest BCUT2D eigenvalue weighted by Crippen LogP contribution is 2.28. The molecule has 0 aliphatic rings. The highest BCUT2D eigenvalue weighted by Gasteiger charge is 2.15. The molecular weight excluding hydrogens is 322 g/mol. The minimum absolute atomic E-state index is 0.308. The summed E-state index contributed by atoms with van der Waals surface area (Å²) in [5.41, 5.74) is 3.74. The van der Waals surface area contributed by atoms with Gasteiger partial charge in [-0.15, -0.1) is 11.8 Å². The third-order valence-corrected chi connectivity index (χ3v) is 5.12. The van der Waals surface area contributed by atoms with Crippen LogP contribution in [0.3, 0.4) is 0 Å². The summed E-state index contributed by atoms with van der Waals surface area (Å²) < 4.78 is 0. The van der Waals surface area contributed by atoms with Crippen molar-refractivity contribution in [1.29, 1.82) is 0 Å². The van der Waals surface area contributed by atoms with Crippen molar-refractivity contribution >= 4 is 17.8 Å². The van der Waals surface area contributed by atoms with Crippen molar-refractivity contribution in [2.45, 2.75) is 38.8 Å². The average molecular weight is 352 g/mol. The average Bonchev–Trinajstić information content (AvgIpc) is 2.67. The van der Waals surface area contributed by atoms with Crippen molar-refractivity contribution in [2.24, 2.45) is 0 Å². The van der Waals surface area contributed by atoms with Gasteiger partial charge in [0, 0.05) is 17.5 Å². The fourth-order valence-corrected chi connectivity index (χ4v) is 3.46. The summed E-state index contributed by atoms with van der Waals surface area (Å²) in [7, 11) is 0. The lowest BCUT2D eigenvalue weighted by Crippen LogP contribution is -2.30. The second-order valence-corrected chi connectivity index (χ2v) is 7.06. The van der Waals surface area contributed by atoms with Crippen molar-refractivity contribution < 1.29 is 0 Å². The Labute approximate surface area is 157 Å². The van der Waals surface area contributed by atoms with E-state index < -0.39 is 0 Å². The molecule has 1 atom stereocenters. The largest absolute Gasteiger partial charge is 0.306 e. The van der Waals surface area contributed by atoms with Gasteiger partial charge in [0.15, 0.2) is 0 Å². The summed E-state index contributed by atoms with van der Waals surface area (Å²) >= 11 is 1.78. The molecule has 0 fully saturated rings. The van der Waals surface area contributed by atoms with Gasteiger partial charge in [-0.3, -0.25) is 0 Å². The first-order valence-corrected chi connectivity index (χ1v) is 10.2. The van der Waals surface area contributed by atoms with Crippen molar-refractivity contribution in [3.63, 3.8) is 0 Å². The second kappa shape index (κ2) is 11.0. The molecule has 0 radical (unpaired) electrons. The van der Waals surface area contributed by atoms with Gasteiger partial charge in [0.05, 0.1) is 0 Å². The standard InChI is InChI=1S/C23H29NS/c1-4-5-16-22(24-18-21-14-10-7-11-15-21)19(2)23(25-3)17-20-12-8-6-9-13-20/h6-15,17,22,24H,2,4-5,16,18H2,1,3H3/b23-17-. The van der Waals surface area contributed by atoms with Crippen LogP contribution in [0.5, 0.6) is 0 Å². The zero-order valence-electron chi connectivity index (χ0n) is 15.4. The molecule has 0 heterocycles. The van der Waals surface area contributed by atoms with E-state index in [1.807, 2.05) is 0 Å². The second-order valence-electron chi connectivity index (χ2n) is 6.21. The topological polar surface area (TPSA) is 12.0 Å². The molecule has 1 nitrogen and oxygen atoms in total. The Morgan fingerprint density at radius 1 is 1.08 bits per heavy atom. The van der Waals surface area contributed by atoms with Gasteiger partial charge in [0.2, 0.25) is 0 Å². The van der Waals surface area contributed by atoms with E-state index in [2.05, 4.69) is 91.8 Å². The number of benzene rings is 2. The summed E-state index contributed by atoms with van der Waals surface area (Å²) in [6, 6.07) is 21.4. The van der Waals surface area contributed by atoms with E-state index in [0.29, 0.717) is 6.04 Å². The summed E-state index contributed by atoms with van der Waals surface area (Å²) in [6.45, 7) is 7.55. The van der Waals surface area contributed by atoms with Crippen molar-refractivity contribution in [1.82, 2.24) is 5.32 Å². The Morgan fingerprint density at radius 2 is 1.72 bits per heavy atom. The maximum absolute atomic E-state index is 4.44. The smallest absolute Gasteiger partial charge is 0.0328 e. The molecule has 132 valence electrons. The van der Waals surface area contributed by atoms with Gasteiger partial charge in [0.25, 0.3) is 0 Å². The molecule has 2 aromatic carbocycles. The van der Waals surface area contributed by atoms with Gasteiger partial charge in [-0.2, -0.15) is 0 Å². The normalized spacial score (nSPS) is 12.8. The van der Waals surface area contributed by atoms with Crippen LogP contribution in [0, 0.1) is 0 Å². The van der Waals surface area contributed by atoms with Gasteiger partial charge in [-0.05, 0) is 35.5 Å². The van der Waals surface area contributed by atoms with Gasteiger partial charge >= 0.3 is 0 Å². The number of thioether (sulfide) groups is 1. The van der Waals surface area contributed by atoms with Crippen molar-refractivity contribution in [2.75, 3.05) is 6.26 Å². The fourth-order valence-electron chi connectivity index (χ4n) is 2.80. The predicted octanol–water partition coefficient (Wildman–Crippen LogP) is 6.30. The lowest BCUT2D eigenvalue weighted by Gasteiger charge is -2.23. The third kappa shape index (κ3) is 6.56. The van der Waals surface area contributed by atoms with Crippen LogP contribution in [-0.4, -0.2) is 12.3 Å². The van der Waals surface area contributed by atoms with Gasteiger partial charge < -0.3 is 5.32 Å². The summed E-state index contributed by atoms with van der Waals surface area (Å²) in [4.78, 5) is 1.26. The molecule has 1 unspecified atom stereocenters. The van der Waals surface area contributed by atoms with Crippen LogP contribution in [0.4, 0.5) is 0 Å². The minimum atomic E-state index is 0.308. The molecule has 2 aromatic rings. The Hall–Kier alpha value is -1.77. The molecule has 2 rings (SSSR count). The highest BCUT2D eigenvalue weighted by molar-refractivity contribution is 8.02. The van der Waals surface area contributed by atoms with Crippen molar-refractivity contribution in [3.05, 3.63) is 88.8 Å². The summed E-state index contributed by atoms with van der Waals surface area (Å²) in [5, 5.41) is 3.72. The lowest BCUT2D eigenvalue weighted by molar-refractivity contribution is 0.520. The first-order valence-electron chi connectivity index (χ1n) is 9.01. The summed E-state index contributed by atoms with van der Waals surface area (Å²) in [6.07, 6.45) is 7.91. The first kappa shape index (κ1) is 19.6. The van der Waals surface area contributed by atoms with Gasteiger partial charge in [0.1, 0.15) is 0 Å². The lowest BCUT2D eigenvalue weighted by atomic mass is 10.0. The Balaban J connectivity index is 2.11. The maximum atomic E-state index is 4.44. The molecule has 2 heteroatoms. The number of hydrogen-bond donors (Lipinski definition) is 1. The quantitative estimate of drug-likeness (QED) is 0.504. The summed E-state index contributed by atoms with van der Waals surface area (Å²) in [5.74, 6) is 0. The highest BCUT2D eigenvalue weighted by atomic mass is 32.2. The molecule has 0 saturated carbocycles. The molecule has 0 aliphatic heterocycles. The molecule has 1 N–H and O–H groups in total. The molecule has 0 aromatic heterocycles. The van der Waals surface area contributed by atoms with E-state index in [1.54, 1.807) is 11.8 Å². The van der Waals surface area contributed by atoms with E-state index >= 15 is 0 Å². The van der Waals surface area contributed by atoms with E-state index in [4.69, 9.17) is 0 Å². The Bertz CT molecular complexity index is 661. The zero-order chi connectivity index (χ0) is 17.9. The van der Waals surface area contributed by atoms with Crippen LogP contribution >= 0.6 is 11.8 Å². The molecule has 0 aliphatic carbocycles. The van der Waals surface area contributed by atoms with E-state index in [1.165, 1.54) is 34.4 Å². The molecular formula is C23H29NS. The van der Waals surface area contributed by atoms with Gasteiger partial charge in [-0.25, -0.2) is 0 Å². The van der Waals surface area contributed by atoms with Crippen LogP contribution in [0.15, 0.2) is 77.7 Å². The Morgan fingerprint density at radius 3 is 2.32 bits per heavy atom. The number of rotatable bonds is 10. The molecule has 25 heavy (non-hydrogen) atoms. The molecule has 0 spiro atoms. The maximum Gasteiger partial charge on any atom is 0.0328 e. The number of hydrogen-bond acceptors (Lipinski definition) is 2. The predicted molar refractivity (Wildman–Crippen MR) is 114 cm³/mol. The molecule has 0 bridgehead atoms. The Kier molecular flexibility index (Phi) is 8.58. The van der Waals surface area contributed by atoms with Crippen LogP contribution in [0.25, 0.3) is 6.08 Å². The van der Waals surface area contributed by atoms with Gasteiger partial charge in [-0.1, -0.05) is 87.0 Å². The number of nitrogens with one attached hydrogen (secondary N) is 1. The fraction of sp³-hybridized carbons (Fsp3) is 0.304. The van der Waals surface area contributed by atoms with E-state index in [0.717, 1.165) is 13.0 Å². The van der Waals surface area contributed by atoms with Crippen LogP contribution in [-0.2, 0) is 6.54 Å². The zero-order valence-corrected chi connectivity index (χ0v) is 16.2.